The summed E-state index contributed by atoms with van der Waals surface area (Å²) in [5.41, 5.74) is 7.02. The minimum absolute atomic E-state index is 0.0683. The number of carbonyl (C=O) groups excluding carboxylic acids is 1. The van der Waals surface area contributed by atoms with E-state index in [0.29, 0.717) is 0 Å². The predicted octanol–water partition coefficient (Wildman–Crippen LogP) is 2.04. The van der Waals surface area contributed by atoms with E-state index in [1.807, 2.05) is 6.07 Å². The molecule has 1 heterocycles. The van der Waals surface area contributed by atoms with Crippen molar-refractivity contribution in [3.63, 3.8) is 0 Å². The van der Waals surface area contributed by atoms with Gasteiger partial charge in [-0.1, -0.05) is 49.6 Å². The fourth-order valence-corrected chi connectivity index (χ4v) is 3.67. The lowest BCUT2D eigenvalue weighted by Gasteiger charge is -2.33. The Labute approximate surface area is 133 Å². The lowest BCUT2D eigenvalue weighted by Crippen LogP contribution is -2.57. The predicted molar refractivity (Wildman–Crippen MR) is 88.3 cm³/mol. The molecule has 0 spiro atoms. The first-order chi connectivity index (χ1) is 10.7. The minimum atomic E-state index is -0.620. The molecule has 1 aromatic rings. The van der Waals surface area contributed by atoms with E-state index in [2.05, 4.69) is 34.5 Å². The van der Waals surface area contributed by atoms with Gasteiger partial charge in [-0.2, -0.15) is 0 Å². The fraction of sp³-hybridized carbons (Fsp3) is 0.611. The average molecular weight is 301 g/mol. The number of amides is 1. The molecule has 0 bridgehead atoms. The first-order valence-corrected chi connectivity index (χ1v) is 8.52. The third-order valence-electron chi connectivity index (χ3n) is 5.05. The molecule has 1 aliphatic carbocycles. The molecule has 1 atom stereocenters. The van der Waals surface area contributed by atoms with Crippen molar-refractivity contribution in [1.29, 1.82) is 0 Å². The Hall–Kier alpha value is -1.39. The second-order valence-corrected chi connectivity index (χ2v) is 6.90. The highest BCUT2D eigenvalue weighted by Crippen LogP contribution is 2.26. The Bertz CT molecular complexity index is 496. The lowest BCUT2D eigenvalue weighted by molar-refractivity contribution is -0.128. The number of hydrogen-bond acceptors (Lipinski definition) is 3. The monoisotopic (exact) mass is 301 g/mol. The molecule has 1 unspecified atom stereocenters. The van der Waals surface area contributed by atoms with E-state index in [1.54, 1.807) is 0 Å². The van der Waals surface area contributed by atoms with Crippen LogP contribution < -0.4 is 11.1 Å². The number of nitrogens with one attached hydrogen (secondary N) is 1. The van der Waals surface area contributed by atoms with Gasteiger partial charge in [0.25, 0.3) is 0 Å². The molecule has 1 saturated carbocycles. The number of likely N-dealkylation sites (tertiary alicyclic amines) is 1. The van der Waals surface area contributed by atoms with Gasteiger partial charge in [0.05, 0.1) is 5.54 Å². The second-order valence-electron chi connectivity index (χ2n) is 6.90. The minimum Gasteiger partial charge on any atom is -0.350 e. The fourth-order valence-electron chi connectivity index (χ4n) is 3.67. The molecule has 4 heteroatoms. The lowest BCUT2D eigenvalue weighted by atomic mass is 9.82. The summed E-state index contributed by atoms with van der Waals surface area (Å²) < 4.78 is 0. The van der Waals surface area contributed by atoms with Crippen LogP contribution in [-0.2, 0) is 11.3 Å². The topological polar surface area (TPSA) is 58.4 Å². The normalized spacial score (nSPS) is 25.0. The Morgan fingerprint density at radius 2 is 1.95 bits per heavy atom. The average Bonchev–Trinajstić information content (AvgIpc) is 2.96. The van der Waals surface area contributed by atoms with E-state index in [4.69, 9.17) is 5.73 Å². The number of rotatable bonds is 4. The van der Waals surface area contributed by atoms with Gasteiger partial charge in [0.15, 0.2) is 0 Å². The van der Waals surface area contributed by atoms with E-state index < -0.39 is 5.54 Å². The Balaban J connectivity index is 1.49. The molecule has 22 heavy (non-hydrogen) atoms. The third kappa shape index (κ3) is 3.68. The van der Waals surface area contributed by atoms with Gasteiger partial charge in [-0.3, -0.25) is 9.69 Å². The zero-order chi connectivity index (χ0) is 15.4. The van der Waals surface area contributed by atoms with E-state index in [-0.39, 0.29) is 11.9 Å². The zero-order valence-electron chi connectivity index (χ0n) is 13.3. The van der Waals surface area contributed by atoms with Crippen molar-refractivity contribution in [3.05, 3.63) is 35.9 Å². The van der Waals surface area contributed by atoms with Gasteiger partial charge in [0.2, 0.25) is 5.91 Å². The van der Waals surface area contributed by atoms with Gasteiger partial charge in [0.1, 0.15) is 0 Å². The summed E-state index contributed by atoms with van der Waals surface area (Å²) in [5, 5.41) is 3.20. The smallest absolute Gasteiger partial charge is 0.240 e. The maximum absolute atomic E-state index is 12.5. The SMILES string of the molecule is NC1(C(=O)NC2CCN(Cc3ccccc3)C2)CCCCC1. The van der Waals surface area contributed by atoms with Gasteiger partial charge in [-0.25, -0.2) is 0 Å². The van der Waals surface area contributed by atoms with Crippen LogP contribution in [-0.4, -0.2) is 35.5 Å². The van der Waals surface area contributed by atoms with Gasteiger partial charge >= 0.3 is 0 Å². The third-order valence-corrected chi connectivity index (χ3v) is 5.05. The summed E-state index contributed by atoms with van der Waals surface area (Å²) in [4.78, 5) is 14.9. The highest BCUT2D eigenvalue weighted by molar-refractivity contribution is 5.86. The van der Waals surface area contributed by atoms with Crippen molar-refractivity contribution in [2.24, 2.45) is 5.73 Å². The number of hydrogen-bond donors (Lipinski definition) is 2. The van der Waals surface area contributed by atoms with Gasteiger partial charge in [-0.15, -0.1) is 0 Å². The Morgan fingerprint density at radius 3 is 2.68 bits per heavy atom. The van der Waals surface area contributed by atoms with Crippen LogP contribution in [0, 0.1) is 0 Å². The molecule has 0 radical (unpaired) electrons. The quantitative estimate of drug-likeness (QED) is 0.895. The van der Waals surface area contributed by atoms with Crippen molar-refractivity contribution in [3.8, 4) is 0 Å². The van der Waals surface area contributed by atoms with E-state index >= 15 is 0 Å². The molecule has 3 N–H and O–H groups in total. The van der Waals surface area contributed by atoms with Crippen LogP contribution in [0.25, 0.3) is 0 Å². The van der Waals surface area contributed by atoms with Crippen molar-refractivity contribution in [2.75, 3.05) is 13.1 Å². The summed E-state index contributed by atoms with van der Waals surface area (Å²) in [7, 11) is 0. The summed E-state index contributed by atoms with van der Waals surface area (Å²) >= 11 is 0. The molecular formula is C18H27N3O. The van der Waals surface area contributed by atoms with E-state index in [9.17, 15) is 4.79 Å². The highest BCUT2D eigenvalue weighted by atomic mass is 16.2. The highest BCUT2D eigenvalue weighted by Gasteiger charge is 2.37. The molecule has 1 aliphatic heterocycles. The van der Waals surface area contributed by atoms with Crippen LogP contribution in [0.15, 0.2) is 30.3 Å². The largest absolute Gasteiger partial charge is 0.350 e. The van der Waals surface area contributed by atoms with Crippen molar-refractivity contribution >= 4 is 5.91 Å². The number of carbonyl (C=O) groups is 1. The van der Waals surface area contributed by atoms with Crippen LogP contribution in [0.4, 0.5) is 0 Å². The standard InChI is InChI=1S/C18H27N3O/c19-18(10-5-2-6-11-18)17(22)20-16-9-12-21(14-16)13-15-7-3-1-4-8-15/h1,3-4,7-8,16H,2,5-6,9-14,19H2,(H,20,22). The first kappa shape index (κ1) is 15.5. The molecule has 4 nitrogen and oxygen atoms in total. The van der Waals surface area contributed by atoms with Crippen LogP contribution in [0.3, 0.4) is 0 Å². The van der Waals surface area contributed by atoms with Crippen LogP contribution in [0.2, 0.25) is 0 Å². The Morgan fingerprint density at radius 1 is 1.23 bits per heavy atom. The second kappa shape index (κ2) is 6.80. The molecule has 1 saturated heterocycles. The van der Waals surface area contributed by atoms with Gasteiger partial charge in [-0.05, 0) is 24.8 Å². The maximum Gasteiger partial charge on any atom is 0.240 e. The molecule has 1 amide bonds. The molecule has 2 aliphatic rings. The van der Waals surface area contributed by atoms with Crippen molar-refractivity contribution in [1.82, 2.24) is 10.2 Å². The number of nitrogens with zero attached hydrogens (tertiary/aromatic N) is 1. The number of benzene rings is 1. The van der Waals surface area contributed by atoms with Crippen LogP contribution in [0.1, 0.15) is 44.1 Å². The van der Waals surface area contributed by atoms with Gasteiger partial charge < -0.3 is 11.1 Å². The summed E-state index contributed by atoms with van der Waals surface area (Å²) in [6.07, 6.45) is 6.05. The molecular weight excluding hydrogens is 274 g/mol. The maximum atomic E-state index is 12.5. The van der Waals surface area contributed by atoms with E-state index in [0.717, 1.165) is 51.7 Å². The van der Waals surface area contributed by atoms with E-state index in [1.165, 1.54) is 12.0 Å². The Kier molecular flexibility index (Phi) is 4.79. The summed E-state index contributed by atoms with van der Waals surface area (Å²) in [6, 6.07) is 10.8. The molecule has 1 aromatic carbocycles. The summed E-state index contributed by atoms with van der Waals surface area (Å²) in [6.45, 7) is 2.93. The molecule has 2 fully saturated rings. The zero-order valence-corrected chi connectivity index (χ0v) is 13.3. The number of nitrogens with two attached hydrogens (primary N) is 1. The van der Waals surface area contributed by atoms with Crippen molar-refractivity contribution < 1.29 is 4.79 Å². The molecule has 120 valence electrons. The van der Waals surface area contributed by atoms with Crippen LogP contribution in [0.5, 0.6) is 0 Å². The van der Waals surface area contributed by atoms with Gasteiger partial charge in [0, 0.05) is 25.7 Å². The molecule has 3 rings (SSSR count). The first-order valence-electron chi connectivity index (χ1n) is 8.52. The van der Waals surface area contributed by atoms with Crippen molar-refractivity contribution in [2.45, 2.75) is 56.7 Å². The van der Waals surface area contributed by atoms with Crippen LogP contribution >= 0.6 is 0 Å². The summed E-state index contributed by atoms with van der Waals surface area (Å²) in [5.74, 6) is 0.0683. The molecule has 0 aromatic heterocycles.